The van der Waals surface area contributed by atoms with E-state index in [9.17, 15) is 28.8 Å². The Bertz CT molecular complexity index is 1160. The van der Waals surface area contributed by atoms with Crippen LogP contribution in [0.3, 0.4) is 0 Å². The second-order valence-electron chi connectivity index (χ2n) is 10.2. The van der Waals surface area contributed by atoms with Gasteiger partial charge in [0.2, 0.25) is 18.1 Å². The number of rotatable bonds is 9. The number of alkyl halides is 3. The van der Waals surface area contributed by atoms with Gasteiger partial charge in [-0.15, -0.1) is 0 Å². The number of hydrogen-bond acceptors (Lipinski definition) is 15. The summed E-state index contributed by atoms with van der Waals surface area (Å²) in [7, 11) is 1.03. The molecule has 254 valence electrons. The molecule has 2 N–H and O–H groups in total. The highest BCUT2D eigenvalue weighted by Gasteiger charge is 2.57. The van der Waals surface area contributed by atoms with E-state index in [4.69, 9.17) is 78.1 Å². The summed E-state index contributed by atoms with van der Waals surface area (Å²) in [5, 5.41) is 10.6. The summed E-state index contributed by atoms with van der Waals surface area (Å²) in [6.45, 7) is 7.00. The Morgan fingerprint density at radius 3 is 1.71 bits per heavy atom. The highest BCUT2D eigenvalue weighted by molar-refractivity contribution is 6.76. The Kier molecular flexibility index (Phi) is 13.7. The van der Waals surface area contributed by atoms with Crippen molar-refractivity contribution >= 4 is 76.5 Å². The lowest BCUT2D eigenvalue weighted by atomic mass is 9.79. The Hall–Kier alpha value is -2.92. The van der Waals surface area contributed by atoms with Crippen LogP contribution in [0.25, 0.3) is 0 Å². The van der Waals surface area contributed by atoms with E-state index < -0.39 is 106 Å². The lowest BCUT2D eigenvalue weighted by Gasteiger charge is -2.48. The minimum atomic E-state index is -2.39. The van der Waals surface area contributed by atoms with Crippen molar-refractivity contribution in [3.05, 3.63) is 0 Å². The standard InChI is InChI=1S/C26H35Cl3N2O14/c1-9-18(40-11(3)33)21(43-14(6)36)20(42-13(5)35)16(39-9)8-15-17(31-10(2)32)24(45-25(30)26(27,28)29)44-22(23(37)38-7)19(15)41-12(4)34/h9,15-22,24,30H,8H2,1-7H3,(H,31,32)/t9-,15+,16-,17+,18+,19+,20+,21+,22-,24+/m0/s1. The zero-order valence-corrected chi connectivity index (χ0v) is 27.6. The van der Waals surface area contributed by atoms with Crippen molar-refractivity contribution in [1.29, 1.82) is 5.41 Å². The largest absolute Gasteiger partial charge is 0.467 e. The van der Waals surface area contributed by atoms with Gasteiger partial charge in [-0.05, 0) is 13.3 Å². The van der Waals surface area contributed by atoms with E-state index in [1.165, 1.54) is 6.92 Å². The van der Waals surface area contributed by atoms with Gasteiger partial charge in [0.25, 0.3) is 3.79 Å². The van der Waals surface area contributed by atoms with Crippen molar-refractivity contribution in [3.8, 4) is 0 Å². The molecular formula is C26H35Cl3N2O14. The van der Waals surface area contributed by atoms with Gasteiger partial charge in [-0.25, -0.2) is 4.79 Å². The molecule has 0 unspecified atom stereocenters. The van der Waals surface area contributed by atoms with E-state index in [-0.39, 0.29) is 6.42 Å². The molecule has 2 aliphatic rings. The fourth-order valence-electron chi connectivity index (χ4n) is 5.13. The summed E-state index contributed by atoms with van der Waals surface area (Å²) in [6, 6.07) is -1.35. The summed E-state index contributed by atoms with van der Waals surface area (Å²) in [5.74, 6) is -7.07. The average Bonchev–Trinajstić information content (AvgIpc) is 2.89. The minimum absolute atomic E-state index is 0.326. The van der Waals surface area contributed by atoms with Crippen LogP contribution in [-0.4, -0.2) is 108 Å². The van der Waals surface area contributed by atoms with Gasteiger partial charge < -0.3 is 43.2 Å². The number of carbonyl (C=O) groups excluding carboxylic acids is 6. The predicted molar refractivity (Wildman–Crippen MR) is 152 cm³/mol. The Balaban J connectivity index is 2.73. The number of amides is 1. The monoisotopic (exact) mass is 704 g/mol. The van der Waals surface area contributed by atoms with Gasteiger partial charge in [-0.2, -0.15) is 0 Å². The molecule has 0 aliphatic carbocycles. The van der Waals surface area contributed by atoms with Crippen molar-refractivity contribution in [2.45, 2.75) is 107 Å². The van der Waals surface area contributed by atoms with Gasteiger partial charge in [0.15, 0.2) is 24.4 Å². The van der Waals surface area contributed by atoms with Crippen LogP contribution in [0.4, 0.5) is 0 Å². The van der Waals surface area contributed by atoms with Gasteiger partial charge in [0, 0.05) is 40.5 Å². The SMILES string of the molecule is COC(=O)[C@H]1O[C@H](OC(=N)C(Cl)(Cl)Cl)[C@H](NC(C)=O)[C@@H](C[C@@H]2O[C@@H](C)[C@@H](OC(C)=O)[C@@H](OC(C)=O)[C@@H]2OC(C)=O)[C@H]1OC(C)=O. The van der Waals surface area contributed by atoms with Crippen molar-refractivity contribution in [2.24, 2.45) is 5.92 Å². The quantitative estimate of drug-likeness (QED) is 0.114. The molecular weight excluding hydrogens is 671 g/mol. The first-order valence-corrected chi connectivity index (χ1v) is 14.6. The van der Waals surface area contributed by atoms with Crippen LogP contribution >= 0.6 is 34.8 Å². The molecule has 2 aliphatic heterocycles. The lowest BCUT2D eigenvalue weighted by molar-refractivity contribution is -0.262. The molecule has 0 aromatic carbocycles. The number of esters is 5. The molecule has 45 heavy (non-hydrogen) atoms. The van der Waals surface area contributed by atoms with Crippen molar-refractivity contribution < 1.29 is 66.7 Å². The van der Waals surface area contributed by atoms with Crippen LogP contribution in [0.15, 0.2) is 0 Å². The van der Waals surface area contributed by atoms with E-state index in [1.807, 2.05) is 0 Å². The normalized spacial score (nSPS) is 31.4. The molecule has 0 aromatic heterocycles. The number of ether oxygens (including phenoxy) is 8. The molecule has 0 radical (unpaired) electrons. The second-order valence-corrected chi connectivity index (χ2v) is 12.5. The summed E-state index contributed by atoms with van der Waals surface area (Å²) in [6.07, 6.45) is -11.5. The number of hydrogen-bond donors (Lipinski definition) is 2. The molecule has 0 bridgehead atoms. The zero-order valence-electron chi connectivity index (χ0n) is 25.3. The average molecular weight is 706 g/mol. The Morgan fingerprint density at radius 2 is 1.24 bits per heavy atom. The first-order valence-electron chi connectivity index (χ1n) is 13.4. The van der Waals surface area contributed by atoms with E-state index in [0.29, 0.717) is 0 Å². The topological polar surface area (TPSA) is 212 Å². The first kappa shape index (κ1) is 38.3. The molecule has 19 heteroatoms. The summed E-state index contributed by atoms with van der Waals surface area (Å²) in [5.41, 5.74) is 0. The third kappa shape index (κ3) is 10.6. The van der Waals surface area contributed by atoms with E-state index >= 15 is 0 Å². The lowest BCUT2D eigenvalue weighted by Crippen LogP contribution is -2.66. The molecule has 1 amide bonds. The van der Waals surface area contributed by atoms with Crippen LogP contribution in [0, 0.1) is 11.3 Å². The molecule has 10 atom stereocenters. The second kappa shape index (κ2) is 16.1. The maximum absolute atomic E-state index is 12.9. The number of halogens is 3. The molecule has 16 nitrogen and oxygen atoms in total. The van der Waals surface area contributed by atoms with Gasteiger partial charge in [0.05, 0.1) is 25.4 Å². The van der Waals surface area contributed by atoms with Crippen LogP contribution in [0.5, 0.6) is 0 Å². The number of carbonyl (C=O) groups is 6. The molecule has 0 saturated carbocycles. The van der Waals surface area contributed by atoms with Gasteiger partial charge >= 0.3 is 29.8 Å². The maximum Gasteiger partial charge on any atom is 0.339 e. The molecule has 2 fully saturated rings. The molecule has 2 rings (SSSR count). The highest BCUT2D eigenvalue weighted by Crippen LogP contribution is 2.39. The third-order valence-corrected chi connectivity index (χ3v) is 7.14. The van der Waals surface area contributed by atoms with Crippen LogP contribution in [-0.2, 0) is 66.7 Å². The smallest absolute Gasteiger partial charge is 0.339 e. The van der Waals surface area contributed by atoms with Crippen LogP contribution in [0.1, 0.15) is 48.0 Å². The molecule has 2 heterocycles. The van der Waals surface area contributed by atoms with Gasteiger partial charge in [-0.1, -0.05) is 34.8 Å². The van der Waals surface area contributed by atoms with Crippen molar-refractivity contribution in [1.82, 2.24) is 5.32 Å². The van der Waals surface area contributed by atoms with E-state index in [1.54, 1.807) is 0 Å². The Labute approximate surface area is 273 Å². The van der Waals surface area contributed by atoms with E-state index in [2.05, 4.69) is 5.32 Å². The summed E-state index contributed by atoms with van der Waals surface area (Å²) in [4.78, 5) is 73.8. The summed E-state index contributed by atoms with van der Waals surface area (Å²) < 4.78 is 41.6. The van der Waals surface area contributed by atoms with Crippen LogP contribution < -0.4 is 5.32 Å². The van der Waals surface area contributed by atoms with Crippen LogP contribution in [0.2, 0.25) is 0 Å². The minimum Gasteiger partial charge on any atom is -0.467 e. The predicted octanol–water partition coefficient (Wildman–Crippen LogP) is 1.27. The fraction of sp³-hybridized carbons (Fsp3) is 0.731. The van der Waals surface area contributed by atoms with Gasteiger partial charge in [-0.3, -0.25) is 29.4 Å². The summed E-state index contributed by atoms with van der Waals surface area (Å²) >= 11 is 17.4. The highest BCUT2D eigenvalue weighted by atomic mass is 35.6. The first-order chi connectivity index (χ1) is 20.8. The molecule has 0 aromatic rings. The fourth-order valence-corrected chi connectivity index (χ4v) is 5.26. The van der Waals surface area contributed by atoms with Gasteiger partial charge in [0.1, 0.15) is 6.10 Å². The maximum atomic E-state index is 12.9. The molecule has 2 saturated heterocycles. The van der Waals surface area contributed by atoms with Crippen molar-refractivity contribution in [3.63, 3.8) is 0 Å². The molecule has 0 spiro atoms. The number of nitrogens with one attached hydrogen (secondary N) is 2. The Morgan fingerprint density at radius 1 is 0.756 bits per heavy atom. The third-order valence-electron chi connectivity index (χ3n) is 6.63. The zero-order chi connectivity index (χ0) is 34.4. The number of methoxy groups -OCH3 is 1. The van der Waals surface area contributed by atoms with Crippen molar-refractivity contribution in [2.75, 3.05) is 7.11 Å². The van der Waals surface area contributed by atoms with E-state index in [0.717, 1.165) is 41.7 Å².